The van der Waals surface area contributed by atoms with Gasteiger partial charge in [0.1, 0.15) is 6.04 Å². The summed E-state index contributed by atoms with van der Waals surface area (Å²) in [5.74, 6) is -0.236. The Bertz CT molecular complexity index is 183. The van der Waals surface area contributed by atoms with Crippen molar-refractivity contribution in [3.8, 4) is 0 Å². The van der Waals surface area contributed by atoms with E-state index >= 15 is 0 Å². The first-order valence-corrected chi connectivity index (χ1v) is 4.37. The van der Waals surface area contributed by atoms with E-state index in [2.05, 4.69) is 26.1 Å². The standard InChI is InChI=1S/C9H17NO2/c1-9(2,3)6-4-7(8(11)12)10-5-6/h6-7,10H,4-5H2,1-3H3,(H,11,12). The third-order valence-electron chi connectivity index (χ3n) is 2.65. The highest BCUT2D eigenvalue weighted by molar-refractivity contribution is 5.73. The van der Waals surface area contributed by atoms with Gasteiger partial charge in [-0.15, -0.1) is 0 Å². The van der Waals surface area contributed by atoms with E-state index in [0.717, 1.165) is 13.0 Å². The minimum Gasteiger partial charge on any atom is -0.480 e. The van der Waals surface area contributed by atoms with Crippen molar-refractivity contribution in [3.63, 3.8) is 0 Å². The summed E-state index contributed by atoms with van der Waals surface area (Å²) in [5.41, 5.74) is 0.219. The van der Waals surface area contributed by atoms with Gasteiger partial charge in [-0.25, -0.2) is 0 Å². The number of rotatable bonds is 1. The first kappa shape index (κ1) is 9.52. The van der Waals surface area contributed by atoms with Crippen LogP contribution in [0.15, 0.2) is 0 Å². The fourth-order valence-corrected chi connectivity index (χ4v) is 1.58. The molecule has 0 aromatic heterocycles. The lowest BCUT2D eigenvalue weighted by Crippen LogP contribution is -2.30. The van der Waals surface area contributed by atoms with E-state index in [1.807, 2.05) is 0 Å². The van der Waals surface area contributed by atoms with Crippen LogP contribution in [0.25, 0.3) is 0 Å². The summed E-state index contributed by atoms with van der Waals surface area (Å²) in [6.07, 6.45) is 0.763. The first-order chi connectivity index (χ1) is 5.41. The van der Waals surface area contributed by atoms with Gasteiger partial charge in [0.25, 0.3) is 0 Å². The highest BCUT2D eigenvalue weighted by atomic mass is 16.4. The van der Waals surface area contributed by atoms with Gasteiger partial charge >= 0.3 is 5.97 Å². The minimum atomic E-state index is -0.721. The third kappa shape index (κ3) is 1.97. The van der Waals surface area contributed by atoms with Crippen molar-refractivity contribution < 1.29 is 9.90 Å². The predicted octanol–water partition coefficient (Wildman–Crippen LogP) is 1.10. The maximum atomic E-state index is 10.6. The molecule has 1 fully saturated rings. The molecule has 3 nitrogen and oxygen atoms in total. The van der Waals surface area contributed by atoms with Crippen molar-refractivity contribution in [1.29, 1.82) is 0 Å². The molecular weight excluding hydrogens is 154 g/mol. The Labute approximate surface area is 73.2 Å². The van der Waals surface area contributed by atoms with Crippen LogP contribution in [0.2, 0.25) is 0 Å². The molecule has 70 valence electrons. The fourth-order valence-electron chi connectivity index (χ4n) is 1.58. The summed E-state index contributed by atoms with van der Waals surface area (Å²) < 4.78 is 0. The number of carbonyl (C=O) groups is 1. The average Bonchev–Trinajstić information content (AvgIpc) is 2.30. The molecule has 3 heteroatoms. The van der Waals surface area contributed by atoms with E-state index in [4.69, 9.17) is 5.11 Å². The quantitative estimate of drug-likeness (QED) is 0.621. The maximum Gasteiger partial charge on any atom is 0.320 e. The Balaban J connectivity index is 2.51. The van der Waals surface area contributed by atoms with Crippen LogP contribution in [-0.2, 0) is 4.79 Å². The van der Waals surface area contributed by atoms with Crippen molar-refractivity contribution in [2.75, 3.05) is 6.54 Å². The van der Waals surface area contributed by atoms with Gasteiger partial charge in [-0.3, -0.25) is 4.79 Å². The Morgan fingerprint density at radius 1 is 1.50 bits per heavy atom. The van der Waals surface area contributed by atoms with Crippen LogP contribution in [0, 0.1) is 11.3 Å². The molecule has 0 radical (unpaired) electrons. The third-order valence-corrected chi connectivity index (χ3v) is 2.65. The van der Waals surface area contributed by atoms with Crippen molar-refractivity contribution in [1.82, 2.24) is 5.32 Å². The van der Waals surface area contributed by atoms with Crippen molar-refractivity contribution in [2.45, 2.75) is 33.2 Å². The summed E-state index contributed by atoms with van der Waals surface area (Å²) in [6, 6.07) is -0.325. The number of carboxylic acids is 1. The maximum absolute atomic E-state index is 10.6. The summed E-state index contributed by atoms with van der Waals surface area (Å²) in [7, 11) is 0. The molecule has 0 saturated carbocycles. The van der Waals surface area contributed by atoms with Crippen LogP contribution in [0.5, 0.6) is 0 Å². The molecule has 2 N–H and O–H groups in total. The van der Waals surface area contributed by atoms with Gasteiger partial charge in [0.2, 0.25) is 0 Å². The average molecular weight is 171 g/mol. The van der Waals surface area contributed by atoms with Gasteiger partial charge in [0, 0.05) is 0 Å². The van der Waals surface area contributed by atoms with Gasteiger partial charge in [-0.05, 0) is 24.3 Å². The van der Waals surface area contributed by atoms with E-state index in [1.165, 1.54) is 0 Å². The van der Waals surface area contributed by atoms with Crippen LogP contribution in [0.1, 0.15) is 27.2 Å². The topological polar surface area (TPSA) is 49.3 Å². The molecule has 1 aliphatic heterocycles. The molecule has 0 amide bonds. The lowest BCUT2D eigenvalue weighted by atomic mass is 9.79. The highest BCUT2D eigenvalue weighted by Crippen LogP contribution is 2.32. The molecule has 0 spiro atoms. The van der Waals surface area contributed by atoms with Crippen molar-refractivity contribution in [3.05, 3.63) is 0 Å². The molecule has 1 saturated heterocycles. The minimum absolute atomic E-state index is 0.219. The number of carboxylic acid groups (broad SMARTS) is 1. The molecule has 0 bridgehead atoms. The van der Waals surface area contributed by atoms with Crippen molar-refractivity contribution in [2.24, 2.45) is 11.3 Å². The molecule has 0 aromatic rings. The number of aliphatic carboxylic acids is 1. The molecule has 2 unspecified atom stereocenters. The second-order valence-electron chi connectivity index (χ2n) is 4.60. The fraction of sp³-hybridized carbons (Fsp3) is 0.889. The number of nitrogens with one attached hydrogen (secondary N) is 1. The lowest BCUT2D eigenvalue weighted by molar-refractivity contribution is -0.139. The summed E-state index contributed by atoms with van der Waals surface area (Å²) >= 11 is 0. The zero-order valence-electron chi connectivity index (χ0n) is 7.92. The monoisotopic (exact) mass is 171 g/mol. The van der Waals surface area contributed by atoms with Gasteiger partial charge in [0.15, 0.2) is 0 Å². The van der Waals surface area contributed by atoms with E-state index in [9.17, 15) is 4.79 Å². The van der Waals surface area contributed by atoms with Crippen LogP contribution < -0.4 is 5.32 Å². The van der Waals surface area contributed by atoms with Gasteiger partial charge in [0.05, 0.1) is 0 Å². The molecule has 2 atom stereocenters. The Morgan fingerprint density at radius 3 is 2.33 bits per heavy atom. The predicted molar refractivity (Wildman–Crippen MR) is 47.0 cm³/mol. The molecule has 12 heavy (non-hydrogen) atoms. The van der Waals surface area contributed by atoms with Crippen molar-refractivity contribution >= 4 is 5.97 Å². The molecule has 1 heterocycles. The van der Waals surface area contributed by atoms with Gasteiger partial charge in [-0.2, -0.15) is 0 Å². The van der Waals surface area contributed by atoms with E-state index in [-0.39, 0.29) is 11.5 Å². The van der Waals surface area contributed by atoms with Crippen LogP contribution in [0.3, 0.4) is 0 Å². The van der Waals surface area contributed by atoms with Crippen LogP contribution in [0.4, 0.5) is 0 Å². The molecular formula is C9H17NO2. The second-order valence-corrected chi connectivity index (χ2v) is 4.60. The van der Waals surface area contributed by atoms with E-state index in [0.29, 0.717) is 5.92 Å². The summed E-state index contributed by atoms with van der Waals surface area (Å²) in [5, 5.41) is 11.7. The van der Waals surface area contributed by atoms with Crippen LogP contribution >= 0.6 is 0 Å². The Hall–Kier alpha value is -0.570. The summed E-state index contributed by atoms with van der Waals surface area (Å²) in [6.45, 7) is 7.30. The molecule has 1 aliphatic rings. The Morgan fingerprint density at radius 2 is 2.08 bits per heavy atom. The normalized spacial score (nSPS) is 30.6. The zero-order valence-corrected chi connectivity index (χ0v) is 7.92. The highest BCUT2D eigenvalue weighted by Gasteiger charge is 2.35. The zero-order chi connectivity index (χ0) is 9.35. The van der Waals surface area contributed by atoms with Gasteiger partial charge in [-0.1, -0.05) is 20.8 Å². The summed E-state index contributed by atoms with van der Waals surface area (Å²) in [4.78, 5) is 10.6. The number of hydrogen-bond donors (Lipinski definition) is 2. The molecule has 0 aromatic carbocycles. The van der Waals surface area contributed by atoms with Gasteiger partial charge < -0.3 is 10.4 Å². The largest absolute Gasteiger partial charge is 0.480 e. The smallest absolute Gasteiger partial charge is 0.320 e. The van der Waals surface area contributed by atoms with E-state index in [1.54, 1.807) is 0 Å². The SMILES string of the molecule is CC(C)(C)C1CNC(C(=O)O)C1. The number of hydrogen-bond acceptors (Lipinski definition) is 2. The van der Waals surface area contributed by atoms with Crippen LogP contribution in [-0.4, -0.2) is 23.7 Å². The lowest BCUT2D eigenvalue weighted by Gasteiger charge is -2.25. The molecule has 1 rings (SSSR count). The second kappa shape index (κ2) is 3.05. The molecule has 0 aliphatic carbocycles. The Kier molecular flexibility index (Phi) is 2.42. The first-order valence-electron chi connectivity index (χ1n) is 4.37. The van der Waals surface area contributed by atoms with E-state index < -0.39 is 5.97 Å².